The highest BCUT2D eigenvalue weighted by Crippen LogP contribution is 2.04. The summed E-state index contributed by atoms with van der Waals surface area (Å²) in [5, 5.41) is 19.5. The summed E-state index contributed by atoms with van der Waals surface area (Å²) in [5.74, 6) is -2.28. The lowest BCUT2D eigenvalue weighted by Gasteiger charge is -2.34. The third-order valence-corrected chi connectivity index (χ3v) is 6.38. The Hall–Kier alpha value is -1.14. The lowest BCUT2D eigenvalue weighted by atomic mass is 10.2. The quantitative estimate of drug-likeness (QED) is 0.346. The molecule has 0 N–H and O–H groups in total. The van der Waals surface area contributed by atoms with Crippen LogP contribution in [0.5, 0.6) is 0 Å². The molecule has 6 nitrogen and oxygen atoms in total. The molecule has 170 valence electrons. The zero-order valence-corrected chi connectivity index (χ0v) is 20.0. The predicted octanol–water partition coefficient (Wildman–Crippen LogP) is 1.81. The zero-order valence-electron chi connectivity index (χ0n) is 20.0. The molecule has 0 atom stereocenters. The van der Waals surface area contributed by atoms with Crippen molar-refractivity contribution in [1.82, 2.24) is 0 Å². The van der Waals surface area contributed by atoms with Crippen molar-refractivity contribution in [2.24, 2.45) is 0 Å². The first kappa shape index (κ1) is 31.6. The second-order valence-electron chi connectivity index (χ2n) is 7.16. The minimum atomic E-state index is -1.14. The van der Waals surface area contributed by atoms with Crippen LogP contribution in [-0.2, 0) is 9.59 Å². The highest BCUT2D eigenvalue weighted by Gasteiger charge is 2.16. The molecule has 0 bridgehead atoms. The molecule has 28 heavy (non-hydrogen) atoms. The van der Waals surface area contributed by atoms with Crippen molar-refractivity contribution in [2.75, 3.05) is 52.4 Å². The molecule has 0 rings (SSSR count). The van der Waals surface area contributed by atoms with Gasteiger partial charge < -0.3 is 28.8 Å². The number of unbranched alkanes of at least 4 members (excludes halogenated alkanes) is 1. The van der Waals surface area contributed by atoms with Crippen molar-refractivity contribution in [3.8, 4) is 0 Å². The Labute approximate surface area is 174 Å². The lowest BCUT2D eigenvalue weighted by molar-refractivity contribution is -0.921. The van der Waals surface area contributed by atoms with Gasteiger partial charge in [-0.05, 0) is 81.1 Å². The molecule has 0 heterocycles. The molecule has 6 heteroatoms. The van der Waals surface area contributed by atoms with Gasteiger partial charge in [0.15, 0.2) is 0 Å². The molecule has 0 unspecified atom stereocenters. The van der Waals surface area contributed by atoms with Crippen LogP contribution in [0.1, 0.15) is 81.1 Å². The number of hydrogen-bond donors (Lipinski definition) is 0. The predicted molar refractivity (Wildman–Crippen MR) is 113 cm³/mol. The van der Waals surface area contributed by atoms with E-state index in [4.69, 9.17) is 0 Å². The number of nitrogens with zero attached hydrogens (tertiary/aromatic N) is 2. The van der Waals surface area contributed by atoms with E-state index >= 15 is 0 Å². The molecular formula is C22H48N2O4. The summed E-state index contributed by atoms with van der Waals surface area (Å²) < 4.78 is 2.56. The van der Waals surface area contributed by atoms with Crippen LogP contribution in [0.3, 0.4) is 0 Å². The summed E-state index contributed by atoms with van der Waals surface area (Å²) >= 11 is 0. The normalized spacial score (nSPS) is 11.0. The van der Waals surface area contributed by atoms with E-state index in [9.17, 15) is 19.8 Å². The minimum absolute atomic E-state index is 0.0761. The van der Waals surface area contributed by atoms with Crippen LogP contribution in [0.25, 0.3) is 0 Å². The molecule has 0 aliphatic carbocycles. The van der Waals surface area contributed by atoms with Crippen molar-refractivity contribution in [2.45, 2.75) is 81.1 Å². The Morgan fingerprint density at radius 1 is 0.500 bits per heavy atom. The number of hydrogen-bond acceptors (Lipinski definition) is 4. The number of aliphatic carboxylic acids is 2. The summed E-state index contributed by atoms with van der Waals surface area (Å²) in [7, 11) is 0. The van der Waals surface area contributed by atoms with Crippen molar-refractivity contribution in [3.05, 3.63) is 0 Å². The molecule has 0 aliphatic heterocycles. The topological polar surface area (TPSA) is 80.3 Å². The number of quaternary nitrogens is 2. The van der Waals surface area contributed by atoms with Crippen LogP contribution < -0.4 is 10.2 Å². The third kappa shape index (κ3) is 15.9. The fourth-order valence-corrected chi connectivity index (χ4v) is 3.22. The smallest absolute Gasteiger partial charge is 0.0757 e. The lowest BCUT2D eigenvalue weighted by Crippen LogP contribution is -2.47. The summed E-state index contributed by atoms with van der Waals surface area (Å²) in [5.41, 5.74) is 0. The van der Waals surface area contributed by atoms with E-state index in [2.05, 4.69) is 55.4 Å². The maximum Gasteiger partial charge on any atom is 0.0757 e. The Bertz CT molecular complexity index is 308. The second-order valence-corrected chi connectivity index (χ2v) is 7.16. The van der Waals surface area contributed by atoms with Gasteiger partial charge in [0.25, 0.3) is 0 Å². The summed E-state index contributed by atoms with van der Waals surface area (Å²) in [6, 6.07) is 0. The first-order valence-corrected chi connectivity index (χ1v) is 11.2. The third-order valence-electron chi connectivity index (χ3n) is 6.38. The Balaban J connectivity index is -0.000000336. The molecule has 0 saturated carbocycles. The first-order chi connectivity index (χ1) is 13.1. The van der Waals surface area contributed by atoms with Gasteiger partial charge in [0.1, 0.15) is 0 Å². The number of rotatable bonds is 13. The van der Waals surface area contributed by atoms with Crippen LogP contribution in [0.15, 0.2) is 0 Å². The van der Waals surface area contributed by atoms with Gasteiger partial charge in [-0.1, -0.05) is 0 Å². The van der Waals surface area contributed by atoms with Crippen molar-refractivity contribution < 1.29 is 28.8 Å². The second kappa shape index (κ2) is 19.2. The largest absolute Gasteiger partial charge is 0.550 e. The van der Waals surface area contributed by atoms with Crippen LogP contribution >= 0.6 is 0 Å². The minimum Gasteiger partial charge on any atom is -0.550 e. The Kier molecular flexibility index (Phi) is 21.6. The molecule has 0 saturated heterocycles. The van der Waals surface area contributed by atoms with Gasteiger partial charge in [-0.15, -0.1) is 0 Å². The molecule has 0 aromatic heterocycles. The number of carboxylic acids is 2. The first-order valence-electron chi connectivity index (χ1n) is 11.2. The standard InChI is InChI=1S/2C8H20N.C6H10O4/c2*1-5-9(6-2,7-3)8-4;7-5(8)3-1-2-4-6(9)10/h2*5-8H2,1-4H3;1-4H2,(H,7,8)(H,9,10)/q2*+1;/p-2. The number of carbonyl (C=O) groups is 2. The molecule has 0 spiro atoms. The van der Waals surface area contributed by atoms with E-state index < -0.39 is 11.9 Å². The molecule has 0 amide bonds. The van der Waals surface area contributed by atoms with Crippen LogP contribution in [0, 0.1) is 0 Å². The maximum atomic E-state index is 9.77. The summed E-state index contributed by atoms with van der Waals surface area (Å²) in [6.07, 6.45) is 0.535. The van der Waals surface area contributed by atoms with Gasteiger partial charge >= 0.3 is 0 Å². The van der Waals surface area contributed by atoms with Gasteiger partial charge in [-0.25, -0.2) is 0 Å². The van der Waals surface area contributed by atoms with Crippen molar-refractivity contribution in [3.63, 3.8) is 0 Å². The number of carbonyl (C=O) groups excluding carboxylic acids is 2. The molecule has 0 aromatic rings. The van der Waals surface area contributed by atoms with Crippen LogP contribution in [0.4, 0.5) is 0 Å². The summed E-state index contributed by atoms with van der Waals surface area (Å²) in [4.78, 5) is 19.5. The van der Waals surface area contributed by atoms with E-state index in [1.807, 2.05) is 0 Å². The fourth-order valence-electron chi connectivity index (χ4n) is 3.22. The van der Waals surface area contributed by atoms with E-state index in [0.717, 1.165) is 0 Å². The van der Waals surface area contributed by atoms with E-state index in [1.165, 1.54) is 61.3 Å². The van der Waals surface area contributed by atoms with E-state index in [0.29, 0.717) is 12.8 Å². The van der Waals surface area contributed by atoms with Crippen molar-refractivity contribution >= 4 is 11.9 Å². The highest BCUT2D eigenvalue weighted by molar-refractivity contribution is 5.65. The SMILES string of the molecule is CC[N+](CC)(CC)CC.CC[N+](CC)(CC)CC.O=C([O-])CCCCC(=O)[O-]. The molecule has 0 aromatic carbocycles. The average molecular weight is 405 g/mol. The van der Waals surface area contributed by atoms with Gasteiger partial charge in [0.2, 0.25) is 0 Å². The number of carboxylic acid groups (broad SMARTS) is 2. The Morgan fingerprint density at radius 2 is 0.679 bits per heavy atom. The summed E-state index contributed by atoms with van der Waals surface area (Å²) in [6.45, 7) is 28.4. The van der Waals surface area contributed by atoms with Crippen LogP contribution in [-0.4, -0.2) is 73.3 Å². The van der Waals surface area contributed by atoms with E-state index in [-0.39, 0.29) is 12.8 Å². The maximum absolute atomic E-state index is 9.77. The average Bonchev–Trinajstić information content (AvgIpc) is 2.70. The van der Waals surface area contributed by atoms with Gasteiger partial charge in [-0.3, -0.25) is 0 Å². The van der Waals surface area contributed by atoms with Gasteiger partial charge in [-0.2, -0.15) is 0 Å². The van der Waals surface area contributed by atoms with Gasteiger partial charge in [0.05, 0.1) is 52.4 Å². The highest BCUT2D eigenvalue weighted by atomic mass is 16.4. The monoisotopic (exact) mass is 404 g/mol. The van der Waals surface area contributed by atoms with Crippen molar-refractivity contribution in [1.29, 1.82) is 0 Å². The molecular weight excluding hydrogens is 356 g/mol. The van der Waals surface area contributed by atoms with Crippen LogP contribution in [0.2, 0.25) is 0 Å². The Morgan fingerprint density at radius 3 is 0.750 bits per heavy atom. The molecule has 0 radical (unpaired) electrons. The fraction of sp³-hybridized carbons (Fsp3) is 0.909. The van der Waals surface area contributed by atoms with Gasteiger partial charge in [0, 0.05) is 11.9 Å². The zero-order chi connectivity index (χ0) is 22.6. The van der Waals surface area contributed by atoms with E-state index in [1.54, 1.807) is 0 Å². The molecule has 0 aliphatic rings. The molecule has 0 fully saturated rings.